The minimum Gasteiger partial charge on any atom is -0.464 e. The molecule has 0 atom stereocenters. The van der Waals surface area contributed by atoms with Gasteiger partial charge in [0.15, 0.2) is 0 Å². The maximum absolute atomic E-state index is 5.81. The second-order valence-corrected chi connectivity index (χ2v) is 4.80. The number of furan rings is 1. The molecule has 1 aromatic heterocycles. The molecule has 16 heavy (non-hydrogen) atoms. The molecular formula is C12H12ClNOS. The number of thioether (sulfide) groups is 1. The minimum atomic E-state index is 0.450. The molecule has 0 saturated carbocycles. The highest BCUT2D eigenvalue weighted by Crippen LogP contribution is 2.24. The maximum Gasteiger partial charge on any atom is 0.117 e. The Morgan fingerprint density at radius 1 is 1.06 bits per heavy atom. The summed E-state index contributed by atoms with van der Waals surface area (Å²) in [6, 6.07) is 11.6. The van der Waals surface area contributed by atoms with Gasteiger partial charge in [-0.05, 0) is 36.4 Å². The van der Waals surface area contributed by atoms with Crippen LogP contribution in [-0.4, -0.2) is 0 Å². The van der Waals surface area contributed by atoms with Crippen molar-refractivity contribution in [2.24, 2.45) is 5.73 Å². The Labute approximate surface area is 104 Å². The van der Waals surface area contributed by atoms with Crippen LogP contribution in [0.5, 0.6) is 0 Å². The number of hydrogen-bond donors (Lipinski definition) is 1. The molecule has 0 spiro atoms. The first kappa shape index (κ1) is 11.6. The SMILES string of the molecule is NCc1ccc(CSc2ccc(Cl)cc2)o1. The molecule has 0 aliphatic carbocycles. The van der Waals surface area contributed by atoms with Crippen molar-refractivity contribution in [2.75, 3.05) is 0 Å². The fourth-order valence-corrected chi connectivity index (χ4v) is 2.21. The van der Waals surface area contributed by atoms with Gasteiger partial charge < -0.3 is 10.2 Å². The number of benzene rings is 1. The lowest BCUT2D eigenvalue weighted by atomic mass is 10.4. The predicted octanol–water partition coefficient (Wildman–Crippen LogP) is 3.68. The van der Waals surface area contributed by atoms with Gasteiger partial charge in [0.1, 0.15) is 11.5 Å². The van der Waals surface area contributed by atoms with E-state index < -0.39 is 0 Å². The van der Waals surface area contributed by atoms with E-state index in [2.05, 4.69) is 0 Å². The van der Waals surface area contributed by atoms with E-state index in [1.165, 1.54) is 4.90 Å². The van der Waals surface area contributed by atoms with Gasteiger partial charge in [-0.2, -0.15) is 0 Å². The summed E-state index contributed by atoms with van der Waals surface area (Å²) in [6.07, 6.45) is 0. The molecule has 0 unspecified atom stereocenters. The normalized spacial score (nSPS) is 10.6. The van der Waals surface area contributed by atoms with Gasteiger partial charge in [0, 0.05) is 9.92 Å². The monoisotopic (exact) mass is 253 g/mol. The third kappa shape index (κ3) is 3.04. The number of nitrogens with two attached hydrogens (primary N) is 1. The number of hydrogen-bond acceptors (Lipinski definition) is 3. The number of rotatable bonds is 4. The van der Waals surface area contributed by atoms with Gasteiger partial charge in [-0.3, -0.25) is 0 Å². The van der Waals surface area contributed by atoms with E-state index in [1.54, 1.807) is 11.8 Å². The second kappa shape index (κ2) is 5.43. The molecule has 0 fully saturated rings. The lowest BCUT2D eigenvalue weighted by Crippen LogP contribution is -1.92. The van der Waals surface area contributed by atoms with Crippen molar-refractivity contribution in [3.05, 3.63) is 52.9 Å². The molecule has 2 aromatic rings. The zero-order chi connectivity index (χ0) is 11.4. The summed E-state index contributed by atoms with van der Waals surface area (Å²) in [6.45, 7) is 0.450. The Balaban J connectivity index is 1.94. The highest BCUT2D eigenvalue weighted by molar-refractivity contribution is 7.98. The first-order chi connectivity index (χ1) is 7.78. The fourth-order valence-electron chi connectivity index (χ4n) is 1.29. The number of halogens is 1. The average molecular weight is 254 g/mol. The van der Waals surface area contributed by atoms with Gasteiger partial charge >= 0.3 is 0 Å². The van der Waals surface area contributed by atoms with Gasteiger partial charge in [-0.15, -0.1) is 11.8 Å². The predicted molar refractivity (Wildman–Crippen MR) is 67.6 cm³/mol. The lowest BCUT2D eigenvalue weighted by molar-refractivity contribution is 0.482. The molecule has 0 aliphatic rings. The highest BCUT2D eigenvalue weighted by Gasteiger charge is 2.01. The maximum atomic E-state index is 5.81. The third-order valence-electron chi connectivity index (χ3n) is 2.11. The van der Waals surface area contributed by atoms with E-state index in [0.29, 0.717) is 6.54 Å². The quantitative estimate of drug-likeness (QED) is 0.845. The summed E-state index contributed by atoms with van der Waals surface area (Å²) in [5.74, 6) is 2.58. The van der Waals surface area contributed by atoms with Crippen LogP contribution in [0.15, 0.2) is 45.7 Å². The van der Waals surface area contributed by atoms with E-state index in [9.17, 15) is 0 Å². The molecule has 2 nitrogen and oxygen atoms in total. The Morgan fingerprint density at radius 2 is 1.75 bits per heavy atom. The van der Waals surface area contributed by atoms with E-state index >= 15 is 0 Å². The van der Waals surface area contributed by atoms with Crippen LogP contribution in [0.25, 0.3) is 0 Å². The van der Waals surface area contributed by atoms with Crippen LogP contribution in [0.3, 0.4) is 0 Å². The van der Waals surface area contributed by atoms with E-state index in [4.69, 9.17) is 21.8 Å². The standard InChI is InChI=1S/C12H12ClNOS/c13-9-1-5-12(6-2-9)16-8-11-4-3-10(7-14)15-11/h1-6H,7-8,14H2. The Hall–Kier alpha value is -0.900. The summed E-state index contributed by atoms with van der Waals surface area (Å²) in [5, 5.41) is 0.757. The third-order valence-corrected chi connectivity index (χ3v) is 3.40. The average Bonchev–Trinajstić information content (AvgIpc) is 2.76. The van der Waals surface area contributed by atoms with Crippen LogP contribution < -0.4 is 5.73 Å². The summed E-state index contributed by atoms with van der Waals surface area (Å²) < 4.78 is 5.51. The zero-order valence-electron chi connectivity index (χ0n) is 8.65. The topological polar surface area (TPSA) is 39.2 Å². The molecule has 0 bridgehead atoms. The van der Waals surface area contributed by atoms with Gasteiger partial charge in [0.05, 0.1) is 12.3 Å². The zero-order valence-corrected chi connectivity index (χ0v) is 10.2. The summed E-state index contributed by atoms with van der Waals surface area (Å²) >= 11 is 7.52. The lowest BCUT2D eigenvalue weighted by Gasteiger charge is -1.99. The van der Waals surface area contributed by atoms with Crippen LogP contribution in [0.1, 0.15) is 11.5 Å². The Kier molecular flexibility index (Phi) is 3.93. The van der Waals surface area contributed by atoms with Crippen molar-refractivity contribution in [2.45, 2.75) is 17.2 Å². The van der Waals surface area contributed by atoms with Crippen molar-refractivity contribution in [1.82, 2.24) is 0 Å². The van der Waals surface area contributed by atoms with Gasteiger partial charge in [0.2, 0.25) is 0 Å². The molecule has 2 N–H and O–H groups in total. The van der Waals surface area contributed by atoms with Crippen LogP contribution in [0.4, 0.5) is 0 Å². The van der Waals surface area contributed by atoms with Crippen molar-refractivity contribution < 1.29 is 4.42 Å². The van der Waals surface area contributed by atoms with E-state index in [1.807, 2.05) is 36.4 Å². The molecule has 0 amide bonds. The van der Waals surface area contributed by atoms with Crippen LogP contribution >= 0.6 is 23.4 Å². The van der Waals surface area contributed by atoms with Gasteiger partial charge in [-0.25, -0.2) is 0 Å². The highest BCUT2D eigenvalue weighted by atomic mass is 35.5. The molecule has 0 radical (unpaired) electrons. The van der Waals surface area contributed by atoms with Crippen molar-refractivity contribution in [3.8, 4) is 0 Å². The van der Waals surface area contributed by atoms with Crippen LogP contribution in [-0.2, 0) is 12.3 Å². The van der Waals surface area contributed by atoms with Gasteiger partial charge in [-0.1, -0.05) is 11.6 Å². The van der Waals surface area contributed by atoms with Crippen molar-refractivity contribution in [3.63, 3.8) is 0 Å². The molecule has 1 aromatic carbocycles. The molecule has 1 heterocycles. The van der Waals surface area contributed by atoms with Crippen molar-refractivity contribution in [1.29, 1.82) is 0 Å². The minimum absolute atomic E-state index is 0.450. The van der Waals surface area contributed by atoms with Crippen molar-refractivity contribution >= 4 is 23.4 Å². The fraction of sp³-hybridized carbons (Fsp3) is 0.167. The summed E-state index contributed by atoms with van der Waals surface area (Å²) in [5.41, 5.74) is 5.47. The van der Waals surface area contributed by atoms with E-state index in [0.717, 1.165) is 22.3 Å². The Morgan fingerprint density at radius 3 is 2.38 bits per heavy atom. The molecule has 84 valence electrons. The van der Waals surface area contributed by atoms with E-state index in [-0.39, 0.29) is 0 Å². The summed E-state index contributed by atoms with van der Waals surface area (Å²) in [7, 11) is 0. The molecule has 2 rings (SSSR count). The van der Waals surface area contributed by atoms with Crippen LogP contribution in [0.2, 0.25) is 5.02 Å². The van der Waals surface area contributed by atoms with Crippen LogP contribution in [0, 0.1) is 0 Å². The van der Waals surface area contributed by atoms with Gasteiger partial charge in [0.25, 0.3) is 0 Å². The summed E-state index contributed by atoms with van der Waals surface area (Å²) in [4.78, 5) is 1.18. The largest absolute Gasteiger partial charge is 0.464 e. The molecule has 0 saturated heterocycles. The first-order valence-corrected chi connectivity index (χ1v) is 6.30. The molecule has 4 heteroatoms. The second-order valence-electron chi connectivity index (χ2n) is 3.31. The first-order valence-electron chi connectivity index (χ1n) is 4.94. The molecule has 0 aliphatic heterocycles. The molecular weight excluding hydrogens is 242 g/mol. The smallest absolute Gasteiger partial charge is 0.117 e. The Bertz CT molecular complexity index is 452.